The molecule has 4 heteroatoms. The van der Waals surface area contributed by atoms with Crippen LogP contribution in [0.2, 0.25) is 0 Å². The summed E-state index contributed by atoms with van der Waals surface area (Å²) in [5, 5.41) is 0. The van der Waals surface area contributed by atoms with Crippen LogP contribution in [0.3, 0.4) is 0 Å². The van der Waals surface area contributed by atoms with E-state index in [0.717, 1.165) is 28.7 Å². The molecule has 1 unspecified atom stereocenters. The van der Waals surface area contributed by atoms with Crippen molar-refractivity contribution >= 4 is 11.9 Å². The van der Waals surface area contributed by atoms with Crippen molar-refractivity contribution in [1.82, 2.24) is 0 Å². The Morgan fingerprint density at radius 1 is 1.32 bits per heavy atom. The third-order valence-corrected chi connectivity index (χ3v) is 3.41. The molecule has 0 spiro atoms. The van der Waals surface area contributed by atoms with E-state index in [4.69, 9.17) is 14.2 Å². The Labute approximate surface area is 133 Å². The van der Waals surface area contributed by atoms with Gasteiger partial charge < -0.3 is 14.2 Å². The van der Waals surface area contributed by atoms with Gasteiger partial charge in [-0.25, -0.2) is 0 Å². The van der Waals surface area contributed by atoms with Crippen LogP contribution in [0.25, 0.3) is 5.57 Å². The van der Waals surface area contributed by atoms with Gasteiger partial charge in [-0.2, -0.15) is 0 Å². The van der Waals surface area contributed by atoms with Gasteiger partial charge >= 0.3 is 0 Å². The SMILES string of the molecule is COC(C)OCOc1ccc(C(C)=CC=O)cc1C(C)(C)C. The molecule has 0 radical (unpaired) electrons. The average molecular weight is 306 g/mol. The van der Waals surface area contributed by atoms with E-state index in [9.17, 15) is 4.79 Å². The van der Waals surface area contributed by atoms with Crippen molar-refractivity contribution in [3.63, 3.8) is 0 Å². The first-order valence-electron chi connectivity index (χ1n) is 7.33. The van der Waals surface area contributed by atoms with E-state index in [1.807, 2.05) is 26.0 Å². The molecular weight excluding hydrogens is 280 g/mol. The highest BCUT2D eigenvalue weighted by Gasteiger charge is 2.20. The Kier molecular flexibility index (Phi) is 6.78. The summed E-state index contributed by atoms with van der Waals surface area (Å²) in [6.07, 6.45) is 2.05. The van der Waals surface area contributed by atoms with E-state index in [-0.39, 0.29) is 18.5 Å². The highest BCUT2D eigenvalue weighted by atomic mass is 16.7. The molecule has 1 atom stereocenters. The lowest BCUT2D eigenvalue weighted by molar-refractivity contribution is -0.149. The molecule has 4 nitrogen and oxygen atoms in total. The normalized spacial score (nSPS) is 13.8. The average Bonchev–Trinajstić information content (AvgIpc) is 2.46. The van der Waals surface area contributed by atoms with Crippen LogP contribution in [0.1, 0.15) is 45.7 Å². The molecule has 0 aliphatic carbocycles. The molecular formula is C18H26O4. The third-order valence-electron chi connectivity index (χ3n) is 3.41. The molecule has 1 aromatic rings. The molecule has 0 saturated carbocycles. The lowest BCUT2D eigenvalue weighted by Crippen LogP contribution is -2.18. The van der Waals surface area contributed by atoms with Gasteiger partial charge in [0.15, 0.2) is 13.1 Å². The second kappa shape index (κ2) is 8.11. The number of hydrogen-bond acceptors (Lipinski definition) is 4. The van der Waals surface area contributed by atoms with Crippen molar-refractivity contribution < 1.29 is 19.0 Å². The summed E-state index contributed by atoms with van der Waals surface area (Å²) in [6, 6.07) is 5.92. The van der Waals surface area contributed by atoms with E-state index in [0.29, 0.717) is 0 Å². The van der Waals surface area contributed by atoms with Crippen LogP contribution in [0.4, 0.5) is 0 Å². The van der Waals surface area contributed by atoms with Gasteiger partial charge in [0.1, 0.15) is 12.0 Å². The lowest BCUT2D eigenvalue weighted by Gasteiger charge is -2.24. The maximum absolute atomic E-state index is 10.6. The topological polar surface area (TPSA) is 44.8 Å². The first-order chi connectivity index (χ1) is 10.3. The van der Waals surface area contributed by atoms with Crippen LogP contribution in [0.5, 0.6) is 5.75 Å². The minimum absolute atomic E-state index is 0.0837. The number of carbonyl (C=O) groups is 1. The Hall–Kier alpha value is -1.65. The monoisotopic (exact) mass is 306 g/mol. The summed E-state index contributed by atoms with van der Waals surface area (Å²) in [5.74, 6) is 0.776. The number of benzene rings is 1. The molecule has 122 valence electrons. The van der Waals surface area contributed by atoms with Gasteiger partial charge in [0.25, 0.3) is 0 Å². The summed E-state index contributed by atoms with van der Waals surface area (Å²) in [7, 11) is 1.59. The molecule has 0 aliphatic rings. The summed E-state index contributed by atoms with van der Waals surface area (Å²) in [4.78, 5) is 10.6. The van der Waals surface area contributed by atoms with Crippen LogP contribution in [-0.4, -0.2) is 26.5 Å². The number of hydrogen-bond donors (Lipinski definition) is 0. The minimum Gasteiger partial charge on any atom is -0.467 e. The van der Waals surface area contributed by atoms with Crippen molar-refractivity contribution in [3.05, 3.63) is 35.4 Å². The summed E-state index contributed by atoms with van der Waals surface area (Å²) >= 11 is 0. The maximum Gasteiger partial charge on any atom is 0.191 e. The zero-order chi connectivity index (χ0) is 16.8. The molecule has 0 amide bonds. The Balaban J connectivity index is 3.02. The second-order valence-electron chi connectivity index (χ2n) is 6.18. The standard InChI is InChI=1S/C18H26O4/c1-13(9-10-19)15-7-8-17(16(11-15)18(3,4)5)22-12-21-14(2)20-6/h7-11,14H,12H2,1-6H3. The zero-order valence-corrected chi connectivity index (χ0v) is 14.3. The predicted molar refractivity (Wildman–Crippen MR) is 87.9 cm³/mol. The summed E-state index contributed by atoms with van der Waals surface area (Å²) in [6.45, 7) is 10.2. The van der Waals surface area contributed by atoms with Gasteiger partial charge in [-0.1, -0.05) is 26.8 Å². The second-order valence-corrected chi connectivity index (χ2v) is 6.18. The van der Waals surface area contributed by atoms with E-state index in [1.165, 1.54) is 0 Å². The number of allylic oxidation sites excluding steroid dienone is 2. The Morgan fingerprint density at radius 3 is 2.55 bits per heavy atom. The first kappa shape index (κ1) is 18.4. The van der Waals surface area contributed by atoms with Gasteiger partial charge in [-0.05, 0) is 48.6 Å². The van der Waals surface area contributed by atoms with Gasteiger partial charge in [0.05, 0.1) is 0 Å². The maximum atomic E-state index is 10.6. The van der Waals surface area contributed by atoms with E-state index >= 15 is 0 Å². The van der Waals surface area contributed by atoms with Gasteiger partial charge in [-0.3, -0.25) is 4.79 Å². The van der Waals surface area contributed by atoms with Crippen molar-refractivity contribution in [3.8, 4) is 5.75 Å². The molecule has 0 heterocycles. The van der Waals surface area contributed by atoms with E-state index in [2.05, 4.69) is 26.8 Å². The largest absolute Gasteiger partial charge is 0.467 e. The molecule has 22 heavy (non-hydrogen) atoms. The fourth-order valence-corrected chi connectivity index (χ4v) is 1.95. The molecule has 0 N–H and O–H groups in total. The van der Waals surface area contributed by atoms with Gasteiger partial charge in [0.2, 0.25) is 0 Å². The van der Waals surface area contributed by atoms with Crippen LogP contribution in [-0.2, 0) is 19.7 Å². The van der Waals surface area contributed by atoms with Crippen LogP contribution in [0, 0.1) is 0 Å². The summed E-state index contributed by atoms with van der Waals surface area (Å²) < 4.78 is 16.1. The molecule has 1 aromatic carbocycles. The van der Waals surface area contributed by atoms with Gasteiger partial charge in [-0.15, -0.1) is 0 Å². The predicted octanol–water partition coefficient (Wildman–Crippen LogP) is 3.93. The van der Waals surface area contributed by atoms with Crippen molar-refractivity contribution in [2.75, 3.05) is 13.9 Å². The summed E-state index contributed by atoms with van der Waals surface area (Å²) in [5.41, 5.74) is 2.92. The number of aldehydes is 1. The quantitative estimate of drug-likeness (QED) is 0.435. The highest BCUT2D eigenvalue weighted by molar-refractivity contribution is 5.81. The highest BCUT2D eigenvalue weighted by Crippen LogP contribution is 2.33. The Morgan fingerprint density at radius 2 is 2.00 bits per heavy atom. The van der Waals surface area contributed by atoms with Crippen molar-refractivity contribution in [2.24, 2.45) is 0 Å². The molecule has 0 saturated heterocycles. The molecule has 0 aliphatic heterocycles. The van der Waals surface area contributed by atoms with Gasteiger partial charge in [0, 0.05) is 12.7 Å². The Bertz CT molecular complexity index is 526. The fraction of sp³-hybridized carbons (Fsp3) is 0.500. The number of ether oxygens (including phenoxy) is 3. The molecule has 0 bridgehead atoms. The van der Waals surface area contributed by atoms with E-state index < -0.39 is 0 Å². The zero-order valence-electron chi connectivity index (χ0n) is 14.3. The van der Waals surface area contributed by atoms with Crippen molar-refractivity contribution in [1.29, 1.82) is 0 Å². The molecule has 1 rings (SSSR count). The van der Waals surface area contributed by atoms with Crippen LogP contribution in [0.15, 0.2) is 24.3 Å². The third kappa shape index (κ3) is 5.28. The number of carbonyl (C=O) groups excluding carboxylic acids is 1. The smallest absolute Gasteiger partial charge is 0.191 e. The van der Waals surface area contributed by atoms with Crippen LogP contribution < -0.4 is 4.74 Å². The molecule has 0 fully saturated rings. The van der Waals surface area contributed by atoms with E-state index in [1.54, 1.807) is 13.2 Å². The molecule has 0 aromatic heterocycles. The van der Waals surface area contributed by atoms with Crippen LogP contribution >= 0.6 is 0 Å². The fourth-order valence-electron chi connectivity index (χ4n) is 1.95. The minimum atomic E-state index is -0.310. The van der Waals surface area contributed by atoms with Crippen molar-refractivity contribution in [2.45, 2.75) is 46.3 Å². The number of methoxy groups -OCH3 is 1. The first-order valence-corrected chi connectivity index (χ1v) is 7.33. The lowest BCUT2D eigenvalue weighted by atomic mass is 9.84. The number of rotatable bonds is 7.